The number of para-hydroxylation sites is 2. The molecule has 1 amide bonds. The molecule has 0 aliphatic rings. The van der Waals surface area contributed by atoms with Crippen LogP contribution in [0.4, 0.5) is 5.69 Å². The molecule has 0 unspecified atom stereocenters. The van der Waals surface area contributed by atoms with Crippen molar-refractivity contribution in [1.82, 2.24) is 9.55 Å². The number of hydrogen-bond acceptors (Lipinski definition) is 3. The first-order valence-electron chi connectivity index (χ1n) is 6.63. The molecule has 0 radical (unpaired) electrons. The third kappa shape index (κ3) is 3.07. The number of fused-ring (bicyclic) bond motifs is 1. The van der Waals surface area contributed by atoms with Crippen LogP contribution in [0.2, 0.25) is 0 Å². The molecule has 3 rings (SSSR count). The van der Waals surface area contributed by atoms with Gasteiger partial charge in [0, 0.05) is 10.2 Å². The SMILES string of the molecule is O=C(Cn1c(=O)cnc2ccccc21)Nc1ccc(Br)cc1. The van der Waals surface area contributed by atoms with Gasteiger partial charge >= 0.3 is 0 Å². The van der Waals surface area contributed by atoms with Gasteiger partial charge in [-0.15, -0.1) is 0 Å². The molecule has 5 nitrogen and oxygen atoms in total. The maximum Gasteiger partial charge on any atom is 0.269 e. The Kier molecular flexibility index (Phi) is 4.02. The second kappa shape index (κ2) is 6.11. The van der Waals surface area contributed by atoms with Crippen molar-refractivity contribution in [3.63, 3.8) is 0 Å². The Bertz CT molecular complexity index is 888. The molecule has 1 heterocycles. The monoisotopic (exact) mass is 357 g/mol. The Morgan fingerprint density at radius 3 is 2.64 bits per heavy atom. The minimum atomic E-state index is -0.301. The van der Waals surface area contributed by atoms with Gasteiger partial charge in [-0.05, 0) is 36.4 Å². The highest BCUT2D eigenvalue weighted by Crippen LogP contribution is 2.14. The zero-order chi connectivity index (χ0) is 15.5. The van der Waals surface area contributed by atoms with Crippen molar-refractivity contribution in [1.29, 1.82) is 0 Å². The fourth-order valence-electron chi connectivity index (χ4n) is 2.16. The minimum absolute atomic E-state index is 0.0576. The number of hydrogen-bond donors (Lipinski definition) is 1. The lowest BCUT2D eigenvalue weighted by molar-refractivity contribution is -0.116. The van der Waals surface area contributed by atoms with Crippen LogP contribution in [0.3, 0.4) is 0 Å². The summed E-state index contributed by atoms with van der Waals surface area (Å²) in [5.74, 6) is -0.263. The average molecular weight is 358 g/mol. The minimum Gasteiger partial charge on any atom is -0.325 e. The van der Waals surface area contributed by atoms with Crippen molar-refractivity contribution in [2.45, 2.75) is 6.54 Å². The van der Waals surface area contributed by atoms with E-state index in [-0.39, 0.29) is 18.0 Å². The summed E-state index contributed by atoms with van der Waals surface area (Å²) in [7, 11) is 0. The Hall–Kier alpha value is -2.47. The third-order valence-corrected chi connectivity index (χ3v) is 3.71. The van der Waals surface area contributed by atoms with E-state index >= 15 is 0 Å². The summed E-state index contributed by atoms with van der Waals surface area (Å²) in [5.41, 5.74) is 1.70. The van der Waals surface area contributed by atoms with Crippen molar-refractivity contribution in [2.75, 3.05) is 5.32 Å². The van der Waals surface area contributed by atoms with E-state index < -0.39 is 0 Å². The van der Waals surface area contributed by atoms with Crippen molar-refractivity contribution in [3.8, 4) is 0 Å². The second-order valence-electron chi connectivity index (χ2n) is 4.73. The number of nitrogens with zero attached hydrogens (tertiary/aromatic N) is 2. The number of rotatable bonds is 3. The van der Waals surface area contributed by atoms with Crippen LogP contribution in [-0.2, 0) is 11.3 Å². The Balaban J connectivity index is 1.86. The first-order valence-corrected chi connectivity index (χ1v) is 7.43. The van der Waals surface area contributed by atoms with Crippen molar-refractivity contribution >= 4 is 38.6 Å². The van der Waals surface area contributed by atoms with Gasteiger partial charge in [0.05, 0.1) is 17.2 Å². The molecular weight excluding hydrogens is 346 g/mol. The number of carbonyl (C=O) groups excluding carboxylic acids is 1. The quantitative estimate of drug-likeness (QED) is 0.783. The first kappa shape index (κ1) is 14.5. The van der Waals surface area contributed by atoms with E-state index in [4.69, 9.17) is 0 Å². The van der Waals surface area contributed by atoms with E-state index in [1.165, 1.54) is 10.8 Å². The molecule has 0 bridgehead atoms. The largest absolute Gasteiger partial charge is 0.325 e. The molecule has 0 saturated heterocycles. The van der Waals surface area contributed by atoms with E-state index in [1.807, 2.05) is 24.3 Å². The maximum absolute atomic E-state index is 12.2. The van der Waals surface area contributed by atoms with Gasteiger partial charge < -0.3 is 5.32 Å². The maximum atomic E-state index is 12.2. The van der Waals surface area contributed by atoms with Gasteiger partial charge in [-0.1, -0.05) is 28.1 Å². The average Bonchev–Trinajstić information content (AvgIpc) is 2.52. The molecule has 22 heavy (non-hydrogen) atoms. The lowest BCUT2D eigenvalue weighted by Gasteiger charge is -2.10. The van der Waals surface area contributed by atoms with Crippen molar-refractivity contribution < 1.29 is 4.79 Å². The standard InChI is InChI=1S/C16H12BrN3O2/c17-11-5-7-12(8-6-11)19-15(21)10-20-14-4-2-1-3-13(14)18-9-16(20)22/h1-9H,10H2,(H,19,21). The normalized spacial score (nSPS) is 10.6. The molecule has 1 aromatic heterocycles. The molecule has 3 aromatic rings. The van der Waals surface area contributed by atoms with Gasteiger partial charge in [-0.2, -0.15) is 0 Å². The predicted octanol–water partition coefficient (Wildman–Crippen LogP) is 2.80. The molecular formula is C16H12BrN3O2. The summed E-state index contributed by atoms with van der Waals surface area (Å²) in [5, 5.41) is 2.77. The van der Waals surface area contributed by atoms with E-state index in [1.54, 1.807) is 24.3 Å². The molecule has 110 valence electrons. The van der Waals surface area contributed by atoms with Crippen molar-refractivity contribution in [2.24, 2.45) is 0 Å². The van der Waals surface area contributed by atoms with Crippen LogP contribution in [0.15, 0.2) is 64.0 Å². The van der Waals surface area contributed by atoms with Gasteiger partial charge in [0.15, 0.2) is 0 Å². The smallest absolute Gasteiger partial charge is 0.269 e. The highest BCUT2D eigenvalue weighted by Gasteiger charge is 2.09. The number of benzene rings is 2. The van der Waals surface area contributed by atoms with E-state index in [2.05, 4.69) is 26.2 Å². The molecule has 2 aromatic carbocycles. The Morgan fingerprint density at radius 1 is 1.14 bits per heavy atom. The summed E-state index contributed by atoms with van der Waals surface area (Å²) >= 11 is 3.34. The van der Waals surface area contributed by atoms with Crippen LogP contribution in [-0.4, -0.2) is 15.5 Å². The van der Waals surface area contributed by atoms with Crippen LogP contribution in [0.25, 0.3) is 11.0 Å². The van der Waals surface area contributed by atoms with Crippen molar-refractivity contribution in [3.05, 3.63) is 69.6 Å². The molecule has 6 heteroatoms. The number of anilines is 1. The van der Waals surface area contributed by atoms with Gasteiger partial charge in [0.2, 0.25) is 5.91 Å². The molecule has 0 atom stereocenters. The zero-order valence-electron chi connectivity index (χ0n) is 11.5. The fraction of sp³-hybridized carbons (Fsp3) is 0.0625. The number of halogens is 1. The van der Waals surface area contributed by atoms with E-state index in [0.29, 0.717) is 16.7 Å². The molecule has 0 aliphatic carbocycles. The first-order chi connectivity index (χ1) is 10.6. The summed E-state index contributed by atoms with van der Waals surface area (Å²) < 4.78 is 2.35. The lowest BCUT2D eigenvalue weighted by Crippen LogP contribution is -2.27. The van der Waals surface area contributed by atoms with Crippen LogP contribution in [0, 0.1) is 0 Å². The van der Waals surface area contributed by atoms with Crippen LogP contribution in [0.5, 0.6) is 0 Å². The van der Waals surface area contributed by atoms with E-state index in [0.717, 1.165) is 4.47 Å². The molecule has 0 saturated carbocycles. The lowest BCUT2D eigenvalue weighted by atomic mass is 10.3. The zero-order valence-corrected chi connectivity index (χ0v) is 13.1. The fourth-order valence-corrected chi connectivity index (χ4v) is 2.42. The predicted molar refractivity (Wildman–Crippen MR) is 88.8 cm³/mol. The summed E-state index contributed by atoms with van der Waals surface area (Å²) in [6.07, 6.45) is 1.23. The molecule has 0 aliphatic heterocycles. The van der Waals surface area contributed by atoms with Gasteiger partial charge in [-0.25, -0.2) is 4.98 Å². The van der Waals surface area contributed by atoms with Gasteiger partial charge in [0.25, 0.3) is 5.56 Å². The Labute approximate surface area is 134 Å². The second-order valence-corrected chi connectivity index (χ2v) is 5.64. The molecule has 0 fully saturated rings. The number of amides is 1. The summed E-state index contributed by atoms with van der Waals surface area (Å²) in [6.45, 7) is -0.0576. The topological polar surface area (TPSA) is 64.0 Å². The van der Waals surface area contributed by atoms with Crippen LogP contribution >= 0.6 is 15.9 Å². The highest BCUT2D eigenvalue weighted by atomic mass is 79.9. The molecule has 0 spiro atoms. The van der Waals surface area contributed by atoms with Crippen LogP contribution in [0.1, 0.15) is 0 Å². The number of aromatic nitrogens is 2. The third-order valence-electron chi connectivity index (χ3n) is 3.18. The summed E-state index contributed by atoms with van der Waals surface area (Å²) in [6, 6.07) is 14.5. The molecule has 1 N–H and O–H groups in total. The van der Waals surface area contributed by atoms with E-state index in [9.17, 15) is 9.59 Å². The van der Waals surface area contributed by atoms with Crippen LogP contribution < -0.4 is 10.9 Å². The Morgan fingerprint density at radius 2 is 1.86 bits per heavy atom. The highest BCUT2D eigenvalue weighted by molar-refractivity contribution is 9.10. The van der Waals surface area contributed by atoms with Gasteiger partial charge in [0.1, 0.15) is 6.54 Å². The van der Waals surface area contributed by atoms with Gasteiger partial charge in [-0.3, -0.25) is 14.2 Å². The number of nitrogens with one attached hydrogen (secondary N) is 1. The number of carbonyl (C=O) groups is 1. The summed E-state index contributed by atoms with van der Waals surface area (Å²) in [4.78, 5) is 28.2.